The molecule has 0 N–H and O–H groups in total. The zero-order valence-corrected chi connectivity index (χ0v) is 78.4. The molecule has 0 saturated carbocycles. The molecule has 1 unspecified atom stereocenters. The zero-order chi connectivity index (χ0) is 94.6. The molecule has 8 heteroatoms. The number of hydrogen-bond donors (Lipinski definition) is 0. The number of allylic oxidation sites excluding steroid dienone is 4. The fourth-order valence-corrected chi connectivity index (χ4v) is 23.4. The van der Waals surface area contributed by atoms with Gasteiger partial charge in [-0.3, -0.25) is 0 Å². The first-order valence-corrected chi connectivity index (χ1v) is 49.6. The summed E-state index contributed by atoms with van der Waals surface area (Å²) in [4.78, 5) is 11.6. The molecule has 0 aliphatic heterocycles. The summed E-state index contributed by atoms with van der Waals surface area (Å²) in [5.74, 6) is 0.607. The van der Waals surface area contributed by atoms with Crippen LogP contribution in [0.2, 0.25) is 0 Å². The van der Waals surface area contributed by atoms with Crippen LogP contribution in [0.5, 0.6) is 0 Å². The lowest BCUT2D eigenvalue weighted by atomic mass is 9.93. The highest BCUT2D eigenvalue weighted by molar-refractivity contribution is 6.18. The number of para-hydroxylation sites is 7. The van der Waals surface area contributed by atoms with Crippen LogP contribution in [0.25, 0.3) is 271 Å². The highest BCUT2D eigenvalue weighted by Crippen LogP contribution is 2.48. The Morgan fingerprint density at radius 3 is 0.764 bits per heavy atom. The Balaban J connectivity index is 0.607. The van der Waals surface area contributed by atoms with Crippen LogP contribution in [0.4, 0.5) is 0 Å². The highest BCUT2D eigenvalue weighted by atomic mass is 15.0. The Morgan fingerprint density at radius 2 is 0.403 bits per heavy atom. The predicted octanol–water partition coefficient (Wildman–Crippen LogP) is 35.8. The molecule has 0 bridgehead atoms. The fourth-order valence-electron chi connectivity index (χ4n) is 23.4. The largest absolute Gasteiger partial charge is 0.333 e. The van der Waals surface area contributed by atoms with Crippen LogP contribution in [0.3, 0.4) is 0 Å². The second kappa shape index (κ2) is 33.4. The molecule has 29 rings (SSSR count). The second-order valence-corrected chi connectivity index (χ2v) is 38.3. The van der Waals surface area contributed by atoms with Crippen LogP contribution < -0.4 is 0 Å². The lowest BCUT2D eigenvalue weighted by Crippen LogP contribution is -2.06. The third-order valence-electron chi connectivity index (χ3n) is 30.1. The maximum atomic E-state index is 5.81. The van der Waals surface area contributed by atoms with E-state index in [4.69, 9.17) is 9.97 Å². The van der Waals surface area contributed by atoms with Gasteiger partial charge in [0.1, 0.15) is 0 Å². The van der Waals surface area contributed by atoms with Crippen molar-refractivity contribution in [3.63, 3.8) is 0 Å². The van der Waals surface area contributed by atoms with Gasteiger partial charge in [0.2, 0.25) is 0 Å². The number of nitrogens with zero attached hydrogens (tertiary/aromatic N) is 8. The zero-order valence-electron chi connectivity index (χ0n) is 78.4. The SMILES string of the molecule is C1=CCC(n2c3ccccc3c3cc(-c4ccc5c(c4)c4cc(-c6ccc7c(c6)c6ccccc6n7-c6ccccc6)ccc4n5-c4cccc(-c5cc(-c6cccc(-n7c8ccc(-c9ccc%10c(c9)c9ccccc9n%10-c9ccccc9)cc8c8cc(-c9ccc%10c(c9)c9ccccc9n%10-c9ccccc9)ccc87)c6)nc(-c6cccc(-c7cc(-c8ccccc8)cc(-c8ccccc8)c7)c6)n5)c4)ccc32)C=C1. The van der Waals surface area contributed by atoms with E-state index in [1.807, 2.05) is 0 Å². The van der Waals surface area contributed by atoms with Gasteiger partial charge in [0, 0.05) is 121 Å². The molecule has 1 atom stereocenters. The molecule has 0 spiro atoms. The molecule has 21 aromatic carbocycles. The second-order valence-electron chi connectivity index (χ2n) is 38.3. The summed E-state index contributed by atoms with van der Waals surface area (Å²) in [6.07, 6.45) is 9.92. The summed E-state index contributed by atoms with van der Waals surface area (Å²) in [5, 5.41) is 14.4. The van der Waals surface area contributed by atoms with E-state index < -0.39 is 0 Å². The van der Waals surface area contributed by atoms with Crippen molar-refractivity contribution in [2.45, 2.75) is 12.5 Å². The van der Waals surface area contributed by atoms with Crippen molar-refractivity contribution < 1.29 is 0 Å². The van der Waals surface area contributed by atoms with Gasteiger partial charge < -0.3 is 27.4 Å². The van der Waals surface area contributed by atoms with Crippen molar-refractivity contribution in [2.75, 3.05) is 0 Å². The molecule has 672 valence electrons. The van der Waals surface area contributed by atoms with Crippen LogP contribution in [-0.4, -0.2) is 37.4 Å². The van der Waals surface area contributed by atoms with Crippen molar-refractivity contribution in [1.82, 2.24) is 37.4 Å². The van der Waals surface area contributed by atoms with Crippen molar-refractivity contribution in [1.29, 1.82) is 0 Å². The van der Waals surface area contributed by atoms with Gasteiger partial charge in [0.15, 0.2) is 5.82 Å². The van der Waals surface area contributed by atoms with E-state index >= 15 is 0 Å². The van der Waals surface area contributed by atoms with Gasteiger partial charge in [-0.05, 0) is 297 Å². The topological polar surface area (TPSA) is 55.4 Å². The Morgan fingerprint density at radius 1 is 0.160 bits per heavy atom. The minimum absolute atomic E-state index is 0.220. The van der Waals surface area contributed by atoms with Crippen LogP contribution in [0.15, 0.2) is 516 Å². The standard InChI is InChI=1S/C136H88N8/c1-7-30-87(31-8-1)101-73-102(88-32-9-2-10-33-88)75-103(74-101)89-34-27-37-100(72-89)136-137-122(98-35-28-46-108(76-98)143-132-68-60-94(90-56-64-128-114(78-90)110-48-19-23-52-124(110)139(128)104-38-11-3-12-39-104)82-118(132)119-83-95(61-69-133(119)143)91-57-65-129-115(79-91)111-49-20-24-53-125(111)140(129)105-40-13-4-14-41-105)86-123(138-136)99-36-29-47-109(77-99)144-134-70-62-96(92-58-66-130-116(80-92)112-50-21-25-54-126(112)141(130)106-42-15-5-16-43-106)84-120(134)121-85-97(63-71-135(121)144)93-59-67-131-117(81-93)113-51-22-26-55-127(113)142(131)107-44-17-6-18-45-107/h1-44,46-86,107H,45H2. The summed E-state index contributed by atoms with van der Waals surface area (Å²) in [6.45, 7) is 0. The molecule has 0 saturated heterocycles. The molecular weight excluding hydrogens is 1750 g/mol. The van der Waals surface area contributed by atoms with E-state index in [0.29, 0.717) is 5.82 Å². The smallest absolute Gasteiger partial charge is 0.160 e. The van der Waals surface area contributed by atoms with Crippen LogP contribution in [0, 0.1) is 0 Å². The average Bonchev–Trinajstić information content (AvgIpc) is 1.56. The fraction of sp³-hybridized carbons (Fsp3) is 0.0147. The van der Waals surface area contributed by atoms with Crippen LogP contribution in [0.1, 0.15) is 12.5 Å². The predicted molar refractivity (Wildman–Crippen MR) is 603 cm³/mol. The van der Waals surface area contributed by atoms with Crippen molar-refractivity contribution in [3.05, 3.63) is 516 Å². The molecule has 0 fully saturated rings. The summed E-state index contributed by atoms with van der Waals surface area (Å²) in [7, 11) is 0. The molecule has 7 aromatic heterocycles. The Kier molecular flexibility index (Phi) is 19.0. The number of rotatable bonds is 16. The van der Waals surface area contributed by atoms with Crippen molar-refractivity contribution in [2.24, 2.45) is 0 Å². The molecule has 7 heterocycles. The van der Waals surface area contributed by atoms with E-state index in [2.05, 4.69) is 543 Å². The number of fused-ring (bicyclic) bond motifs is 18. The third kappa shape index (κ3) is 13.6. The molecule has 8 nitrogen and oxygen atoms in total. The number of aromatic nitrogens is 8. The van der Waals surface area contributed by atoms with Gasteiger partial charge in [-0.2, -0.15) is 0 Å². The van der Waals surface area contributed by atoms with Crippen molar-refractivity contribution in [3.8, 4) is 140 Å². The van der Waals surface area contributed by atoms with E-state index in [9.17, 15) is 0 Å². The first-order valence-electron chi connectivity index (χ1n) is 49.6. The molecule has 1 aliphatic carbocycles. The van der Waals surface area contributed by atoms with Gasteiger partial charge in [0.25, 0.3) is 0 Å². The summed E-state index contributed by atoms with van der Waals surface area (Å²) < 4.78 is 14.7. The summed E-state index contributed by atoms with van der Waals surface area (Å²) in [5.41, 5.74) is 39.5. The summed E-state index contributed by atoms with van der Waals surface area (Å²) in [6, 6.07) is 182. The lowest BCUT2D eigenvalue weighted by Gasteiger charge is -2.18. The monoisotopic (exact) mass is 1830 g/mol. The third-order valence-corrected chi connectivity index (χ3v) is 30.1. The summed E-state index contributed by atoms with van der Waals surface area (Å²) >= 11 is 0. The Bertz CT molecular complexity index is 9890. The number of hydrogen-bond acceptors (Lipinski definition) is 2. The number of benzene rings is 21. The van der Waals surface area contributed by atoms with Gasteiger partial charge in [-0.1, -0.05) is 303 Å². The van der Waals surface area contributed by atoms with Gasteiger partial charge in [0.05, 0.1) is 72.6 Å². The highest BCUT2D eigenvalue weighted by Gasteiger charge is 2.26. The quantitative estimate of drug-likeness (QED) is 0.0968. The van der Waals surface area contributed by atoms with Gasteiger partial charge >= 0.3 is 0 Å². The van der Waals surface area contributed by atoms with E-state index in [1.54, 1.807) is 0 Å². The Hall–Kier alpha value is -19.0. The minimum atomic E-state index is 0.220. The molecule has 0 radical (unpaired) electrons. The van der Waals surface area contributed by atoms with Crippen LogP contribution in [-0.2, 0) is 0 Å². The molecule has 1 aliphatic rings. The van der Waals surface area contributed by atoms with Gasteiger partial charge in [-0.25, -0.2) is 9.97 Å². The van der Waals surface area contributed by atoms with E-state index in [-0.39, 0.29) is 6.04 Å². The molecule has 144 heavy (non-hydrogen) atoms. The van der Waals surface area contributed by atoms with E-state index in [1.165, 1.54) is 87.2 Å². The minimum Gasteiger partial charge on any atom is -0.333 e. The van der Waals surface area contributed by atoms with Gasteiger partial charge in [-0.15, -0.1) is 0 Å². The molecular formula is C136H88N8. The normalized spacial score (nSPS) is 12.8. The molecule has 0 amide bonds. The lowest BCUT2D eigenvalue weighted by molar-refractivity contribution is 0.648. The van der Waals surface area contributed by atoms with Crippen LogP contribution >= 0.6 is 0 Å². The average molecular weight is 1830 g/mol. The first-order chi connectivity index (χ1) is 71.4. The first kappa shape index (κ1) is 82.1. The molecule has 28 aromatic rings. The van der Waals surface area contributed by atoms with Crippen molar-refractivity contribution >= 4 is 131 Å². The van der Waals surface area contributed by atoms with E-state index in [0.717, 1.165) is 184 Å². The maximum Gasteiger partial charge on any atom is 0.160 e. The Labute approximate surface area is 830 Å². The maximum absolute atomic E-state index is 5.81.